The predicted molar refractivity (Wildman–Crippen MR) is 73.1 cm³/mol. The molecule has 0 heterocycles. The number of carboxylic acid groups (broad SMARTS) is 1. The van der Waals surface area contributed by atoms with Crippen molar-refractivity contribution in [1.82, 2.24) is 0 Å². The molecule has 98 valence electrons. The number of unbranched alkanes of at least 4 members (excludes halogenated alkanes) is 2. The molecule has 0 bridgehead atoms. The minimum Gasteiger partial charge on any atom is -0.478 e. The summed E-state index contributed by atoms with van der Waals surface area (Å²) in [6.45, 7) is 7.96. The second-order valence-corrected chi connectivity index (χ2v) is 4.85. The molecule has 0 saturated carbocycles. The molecule has 0 aromatic rings. The van der Waals surface area contributed by atoms with Gasteiger partial charge in [-0.25, -0.2) is 4.79 Å². The summed E-state index contributed by atoms with van der Waals surface area (Å²) in [5, 5.41) is 8.81. The summed E-state index contributed by atoms with van der Waals surface area (Å²) in [5.41, 5.74) is 1.28. The first-order valence-electron chi connectivity index (χ1n) is 6.56. The van der Waals surface area contributed by atoms with E-state index in [1.807, 2.05) is 13.0 Å². The zero-order valence-corrected chi connectivity index (χ0v) is 11.6. The highest BCUT2D eigenvalue weighted by Gasteiger charge is 2.02. The van der Waals surface area contributed by atoms with Crippen LogP contribution in [-0.4, -0.2) is 11.1 Å². The molecule has 0 unspecified atom stereocenters. The number of aliphatic carboxylic acids is 1. The average Bonchev–Trinajstić information content (AvgIpc) is 2.28. The first-order valence-corrected chi connectivity index (χ1v) is 6.56. The Hall–Kier alpha value is -1.05. The van der Waals surface area contributed by atoms with E-state index in [4.69, 9.17) is 5.11 Å². The summed E-state index contributed by atoms with van der Waals surface area (Å²) >= 11 is 0. The Morgan fingerprint density at radius 3 is 2.47 bits per heavy atom. The number of allylic oxidation sites excluding steroid dienone is 3. The molecule has 0 amide bonds. The molecule has 0 aliphatic rings. The van der Waals surface area contributed by atoms with Crippen LogP contribution in [0.1, 0.15) is 59.8 Å². The van der Waals surface area contributed by atoms with Crippen molar-refractivity contribution in [3.05, 3.63) is 23.3 Å². The van der Waals surface area contributed by atoms with E-state index < -0.39 is 5.97 Å². The van der Waals surface area contributed by atoms with Gasteiger partial charge < -0.3 is 5.11 Å². The second kappa shape index (κ2) is 9.03. The highest BCUT2D eigenvalue weighted by molar-refractivity contribution is 5.87. The third-order valence-electron chi connectivity index (χ3n) is 3.12. The minimum atomic E-state index is -0.830. The highest BCUT2D eigenvalue weighted by Crippen LogP contribution is 2.14. The fourth-order valence-electron chi connectivity index (χ4n) is 1.63. The molecule has 0 saturated heterocycles. The monoisotopic (exact) mass is 238 g/mol. The molecular weight excluding hydrogens is 212 g/mol. The lowest BCUT2D eigenvalue weighted by Crippen LogP contribution is -1.98. The van der Waals surface area contributed by atoms with Crippen LogP contribution in [0.25, 0.3) is 0 Å². The molecule has 0 aromatic heterocycles. The summed E-state index contributed by atoms with van der Waals surface area (Å²) in [7, 11) is 0. The Bertz CT molecular complexity index is 287. The zero-order chi connectivity index (χ0) is 13.3. The number of carbonyl (C=O) groups is 1. The van der Waals surface area contributed by atoms with Crippen molar-refractivity contribution in [2.45, 2.75) is 59.8 Å². The molecule has 0 spiro atoms. The first-order chi connectivity index (χ1) is 7.99. The van der Waals surface area contributed by atoms with Crippen molar-refractivity contribution in [2.24, 2.45) is 5.92 Å². The number of carboxylic acids is 1. The topological polar surface area (TPSA) is 37.3 Å². The summed E-state index contributed by atoms with van der Waals surface area (Å²) in [4.78, 5) is 10.7. The molecule has 0 radical (unpaired) electrons. The summed E-state index contributed by atoms with van der Waals surface area (Å²) < 4.78 is 0. The second-order valence-electron chi connectivity index (χ2n) is 4.85. The Balaban J connectivity index is 4.02. The van der Waals surface area contributed by atoms with Gasteiger partial charge >= 0.3 is 5.97 Å². The largest absolute Gasteiger partial charge is 0.478 e. The van der Waals surface area contributed by atoms with Crippen LogP contribution in [0.15, 0.2) is 23.3 Å². The highest BCUT2D eigenvalue weighted by atomic mass is 16.4. The van der Waals surface area contributed by atoms with Crippen LogP contribution in [0.2, 0.25) is 0 Å². The molecule has 0 aliphatic heterocycles. The Morgan fingerprint density at radius 2 is 1.94 bits per heavy atom. The summed E-state index contributed by atoms with van der Waals surface area (Å²) in [5.74, 6) is -0.140. The lowest BCUT2D eigenvalue weighted by molar-refractivity contribution is -0.132. The molecule has 0 rings (SSSR count). The molecule has 0 aromatic carbocycles. The minimum absolute atomic E-state index is 0.430. The third kappa shape index (κ3) is 7.78. The van der Waals surface area contributed by atoms with Crippen LogP contribution in [0.3, 0.4) is 0 Å². The lowest BCUT2D eigenvalue weighted by Gasteiger charge is -2.07. The van der Waals surface area contributed by atoms with Gasteiger partial charge in [0.05, 0.1) is 0 Å². The Kier molecular flexibility index (Phi) is 8.47. The van der Waals surface area contributed by atoms with Crippen LogP contribution in [0.5, 0.6) is 0 Å². The SMILES string of the molecule is CCCCC[C@H](C)CC=CC(C)=C(C)C(=O)O. The van der Waals surface area contributed by atoms with Gasteiger partial charge in [-0.3, -0.25) is 0 Å². The van der Waals surface area contributed by atoms with Gasteiger partial charge in [0, 0.05) is 5.57 Å². The van der Waals surface area contributed by atoms with Crippen LogP contribution in [0, 0.1) is 5.92 Å². The van der Waals surface area contributed by atoms with E-state index >= 15 is 0 Å². The zero-order valence-electron chi connectivity index (χ0n) is 11.6. The summed E-state index contributed by atoms with van der Waals surface area (Å²) in [6, 6.07) is 0. The molecule has 1 N–H and O–H groups in total. The first kappa shape index (κ1) is 16.0. The van der Waals surface area contributed by atoms with Crippen molar-refractivity contribution in [3.63, 3.8) is 0 Å². The molecule has 0 fully saturated rings. The van der Waals surface area contributed by atoms with Gasteiger partial charge in [0.15, 0.2) is 0 Å². The fourth-order valence-corrected chi connectivity index (χ4v) is 1.63. The van der Waals surface area contributed by atoms with Crippen molar-refractivity contribution >= 4 is 5.97 Å². The van der Waals surface area contributed by atoms with E-state index in [1.54, 1.807) is 6.92 Å². The number of hydrogen-bond acceptors (Lipinski definition) is 1. The van der Waals surface area contributed by atoms with Gasteiger partial charge in [-0.05, 0) is 31.8 Å². The van der Waals surface area contributed by atoms with Crippen molar-refractivity contribution < 1.29 is 9.90 Å². The quantitative estimate of drug-likeness (QED) is 0.382. The van der Waals surface area contributed by atoms with Gasteiger partial charge in [-0.1, -0.05) is 51.7 Å². The van der Waals surface area contributed by atoms with E-state index in [9.17, 15) is 4.79 Å². The fraction of sp³-hybridized carbons (Fsp3) is 0.667. The van der Waals surface area contributed by atoms with Gasteiger partial charge in [0.25, 0.3) is 0 Å². The number of rotatable bonds is 8. The Labute approximate surface area is 105 Å². The third-order valence-corrected chi connectivity index (χ3v) is 3.12. The normalized spacial score (nSPS) is 14.8. The standard InChI is InChI=1S/C15H26O2/c1-5-6-7-9-12(2)10-8-11-13(3)14(4)15(16)17/h8,11-12H,5-7,9-10H2,1-4H3,(H,16,17)/t12-/m0/s1. The molecule has 17 heavy (non-hydrogen) atoms. The summed E-state index contributed by atoms with van der Waals surface area (Å²) in [6.07, 6.45) is 10.2. The van der Waals surface area contributed by atoms with Gasteiger partial charge in [0.2, 0.25) is 0 Å². The van der Waals surface area contributed by atoms with Gasteiger partial charge in [0.1, 0.15) is 0 Å². The Morgan fingerprint density at radius 1 is 1.29 bits per heavy atom. The van der Waals surface area contributed by atoms with Crippen LogP contribution < -0.4 is 0 Å². The van der Waals surface area contributed by atoms with Crippen molar-refractivity contribution in [2.75, 3.05) is 0 Å². The molecule has 0 aliphatic carbocycles. The smallest absolute Gasteiger partial charge is 0.331 e. The van der Waals surface area contributed by atoms with Crippen molar-refractivity contribution in [3.8, 4) is 0 Å². The molecule has 1 atom stereocenters. The van der Waals surface area contributed by atoms with E-state index in [-0.39, 0.29) is 0 Å². The average molecular weight is 238 g/mol. The van der Waals surface area contributed by atoms with Gasteiger partial charge in [-0.2, -0.15) is 0 Å². The van der Waals surface area contributed by atoms with E-state index in [0.717, 1.165) is 12.0 Å². The van der Waals surface area contributed by atoms with E-state index in [0.29, 0.717) is 11.5 Å². The van der Waals surface area contributed by atoms with E-state index in [1.165, 1.54) is 25.7 Å². The van der Waals surface area contributed by atoms with Crippen LogP contribution in [-0.2, 0) is 4.79 Å². The molecular formula is C15H26O2. The lowest BCUT2D eigenvalue weighted by atomic mass is 9.99. The van der Waals surface area contributed by atoms with Gasteiger partial charge in [-0.15, -0.1) is 0 Å². The van der Waals surface area contributed by atoms with Crippen LogP contribution >= 0.6 is 0 Å². The molecule has 2 heteroatoms. The van der Waals surface area contributed by atoms with Crippen molar-refractivity contribution in [1.29, 1.82) is 0 Å². The van der Waals surface area contributed by atoms with Crippen LogP contribution in [0.4, 0.5) is 0 Å². The van der Waals surface area contributed by atoms with E-state index in [2.05, 4.69) is 19.9 Å². The number of hydrogen-bond donors (Lipinski definition) is 1. The predicted octanol–water partition coefficient (Wildman–Crippen LogP) is 4.57. The maximum Gasteiger partial charge on any atom is 0.331 e. The maximum absolute atomic E-state index is 10.7. The molecule has 2 nitrogen and oxygen atoms in total. The maximum atomic E-state index is 10.7.